The Balaban J connectivity index is 2.89. The van der Waals surface area contributed by atoms with Gasteiger partial charge in [-0.25, -0.2) is 4.39 Å². The summed E-state index contributed by atoms with van der Waals surface area (Å²) in [5, 5.41) is 10.7. The Hall–Kier alpha value is -2.18. The lowest BCUT2D eigenvalue weighted by atomic mass is 10.2. The second kappa shape index (κ2) is 6.83. The molecule has 1 aromatic carbocycles. The van der Waals surface area contributed by atoms with E-state index in [0.29, 0.717) is 18.8 Å². The van der Waals surface area contributed by atoms with Crippen LogP contribution in [0.4, 0.5) is 15.8 Å². The summed E-state index contributed by atoms with van der Waals surface area (Å²) >= 11 is 0. The van der Waals surface area contributed by atoms with Gasteiger partial charge in [0.1, 0.15) is 5.82 Å². The van der Waals surface area contributed by atoms with Crippen LogP contribution in [0, 0.1) is 15.9 Å². The van der Waals surface area contributed by atoms with Gasteiger partial charge in [0.25, 0.3) is 5.69 Å². The Morgan fingerprint density at radius 2 is 1.90 bits per heavy atom. The summed E-state index contributed by atoms with van der Waals surface area (Å²) in [6.07, 6.45) is 0. The first-order valence-corrected chi connectivity index (χ1v) is 6.32. The second-order valence-corrected chi connectivity index (χ2v) is 4.35. The summed E-state index contributed by atoms with van der Waals surface area (Å²) in [6.45, 7) is 4.96. The summed E-state index contributed by atoms with van der Waals surface area (Å²) in [5.41, 5.74) is -0.0284. The zero-order chi connectivity index (χ0) is 15.3. The number of hydrogen-bond donors (Lipinski definition) is 0. The fourth-order valence-electron chi connectivity index (χ4n) is 1.86. The lowest BCUT2D eigenvalue weighted by Gasteiger charge is -2.24. The maximum atomic E-state index is 13.4. The molecule has 0 spiro atoms. The zero-order valence-electron chi connectivity index (χ0n) is 11.8. The molecule has 0 saturated heterocycles. The number of carbonyl (C=O) groups excluding carboxylic acids is 1. The van der Waals surface area contributed by atoms with Gasteiger partial charge in [0.15, 0.2) is 0 Å². The van der Waals surface area contributed by atoms with Crippen LogP contribution in [-0.2, 0) is 4.79 Å². The van der Waals surface area contributed by atoms with Crippen LogP contribution in [0.5, 0.6) is 0 Å². The Labute approximate surface area is 116 Å². The van der Waals surface area contributed by atoms with Crippen molar-refractivity contribution < 1.29 is 14.1 Å². The molecule has 1 rings (SSSR count). The molecule has 0 aliphatic carbocycles. The highest BCUT2D eigenvalue weighted by Crippen LogP contribution is 2.22. The largest absolute Gasteiger partial charge is 0.365 e. The number of benzene rings is 1. The molecule has 7 heteroatoms. The van der Waals surface area contributed by atoms with Crippen LogP contribution in [-0.4, -0.2) is 42.4 Å². The third-order valence-corrected chi connectivity index (χ3v) is 3.01. The van der Waals surface area contributed by atoms with Gasteiger partial charge in [0.2, 0.25) is 5.91 Å². The van der Waals surface area contributed by atoms with Crippen LogP contribution >= 0.6 is 0 Å². The first-order valence-electron chi connectivity index (χ1n) is 6.32. The van der Waals surface area contributed by atoms with Crippen LogP contribution in [0.15, 0.2) is 18.2 Å². The van der Waals surface area contributed by atoms with Gasteiger partial charge in [-0.05, 0) is 19.9 Å². The molecule has 0 radical (unpaired) electrons. The van der Waals surface area contributed by atoms with Crippen molar-refractivity contribution in [3.05, 3.63) is 34.1 Å². The zero-order valence-corrected chi connectivity index (χ0v) is 11.8. The number of likely N-dealkylation sites (N-methyl/N-ethyl adjacent to an activating group) is 2. The van der Waals surface area contributed by atoms with Crippen LogP contribution in [0.2, 0.25) is 0 Å². The topological polar surface area (TPSA) is 66.7 Å². The van der Waals surface area contributed by atoms with Gasteiger partial charge in [0, 0.05) is 31.9 Å². The number of halogens is 1. The normalized spacial score (nSPS) is 10.2. The molecule has 1 aromatic rings. The minimum atomic E-state index is -0.698. The average molecular weight is 283 g/mol. The van der Waals surface area contributed by atoms with Crippen LogP contribution in [0.25, 0.3) is 0 Å². The Morgan fingerprint density at radius 1 is 1.30 bits per heavy atom. The number of rotatable bonds is 6. The smallest absolute Gasteiger partial charge is 0.274 e. The third kappa shape index (κ3) is 3.91. The fourth-order valence-corrected chi connectivity index (χ4v) is 1.86. The van der Waals surface area contributed by atoms with Gasteiger partial charge in [-0.3, -0.25) is 14.9 Å². The number of amides is 1. The molecule has 0 saturated carbocycles. The van der Waals surface area contributed by atoms with Crippen molar-refractivity contribution in [2.45, 2.75) is 13.8 Å². The van der Waals surface area contributed by atoms with E-state index in [2.05, 4.69) is 0 Å². The highest BCUT2D eigenvalue weighted by molar-refractivity contribution is 5.81. The third-order valence-electron chi connectivity index (χ3n) is 3.01. The molecule has 0 atom stereocenters. The first kappa shape index (κ1) is 15.9. The molecule has 0 heterocycles. The molecule has 0 aliphatic rings. The summed E-state index contributed by atoms with van der Waals surface area (Å²) in [6, 6.07) is 3.27. The molecule has 0 bridgehead atoms. The van der Waals surface area contributed by atoms with Gasteiger partial charge in [-0.15, -0.1) is 0 Å². The average Bonchev–Trinajstić information content (AvgIpc) is 2.39. The molecule has 0 fully saturated rings. The minimum absolute atomic E-state index is 0.0439. The SMILES string of the molecule is CCN(CC)C(=O)CN(C)c1cc(F)cc([N+](=O)[O-])c1. The highest BCUT2D eigenvalue weighted by Gasteiger charge is 2.16. The lowest BCUT2D eigenvalue weighted by Crippen LogP contribution is -2.38. The number of nitrogens with zero attached hydrogens (tertiary/aromatic N) is 3. The van der Waals surface area contributed by atoms with Gasteiger partial charge < -0.3 is 9.80 Å². The number of nitro groups is 1. The molecular weight excluding hydrogens is 265 g/mol. The lowest BCUT2D eigenvalue weighted by molar-refractivity contribution is -0.385. The Bertz CT molecular complexity index is 504. The number of hydrogen-bond acceptors (Lipinski definition) is 4. The van der Waals surface area contributed by atoms with E-state index < -0.39 is 10.7 Å². The molecule has 0 aromatic heterocycles. The van der Waals surface area contributed by atoms with E-state index in [-0.39, 0.29) is 18.1 Å². The molecule has 0 N–H and O–H groups in total. The summed E-state index contributed by atoms with van der Waals surface area (Å²) in [5.74, 6) is -0.805. The second-order valence-electron chi connectivity index (χ2n) is 4.35. The first-order chi connectivity index (χ1) is 9.38. The van der Waals surface area contributed by atoms with Crippen molar-refractivity contribution in [2.24, 2.45) is 0 Å². The molecule has 0 unspecified atom stereocenters. The van der Waals surface area contributed by atoms with Crippen LogP contribution < -0.4 is 4.90 Å². The monoisotopic (exact) mass is 283 g/mol. The van der Waals surface area contributed by atoms with Crippen LogP contribution in [0.1, 0.15) is 13.8 Å². The van der Waals surface area contributed by atoms with Crippen molar-refractivity contribution in [1.82, 2.24) is 4.90 Å². The van der Waals surface area contributed by atoms with E-state index in [9.17, 15) is 19.3 Å². The van der Waals surface area contributed by atoms with E-state index in [1.165, 1.54) is 17.0 Å². The van der Waals surface area contributed by atoms with Crippen molar-refractivity contribution >= 4 is 17.3 Å². The number of non-ortho nitro benzene ring substituents is 1. The molecule has 20 heavy (non-hydrogen) atoms. The van der Waals surface area contributed by atoms with E-state index >= 15 is 0 Å². The number of carbonyl (C=O) groups is 1. The van der Waals surface area contributed by atoms with Crippen molar-refractivity contribution in [3.63, 3.8) is 0 Å². The minimum Gasteiger partial charge on any atom is -0.365 e. The maximum Gasteiger partial charge on any atom is 0.274 e. The van der Waals surface area contributed by atoms with E-state index in [4.69, 9.17) is 0 Å². The van der Waals surface area contributed by atoms with Crippen molar-refractivity contribution in [3.8, 4) is 0 Å². The summed E-state index contributed by atoms with van der Waals surface area (Å²) in [4.78, 5) is 25.1. The van der Waals surface area contributed by atoms with Gasteiger partial charge >= 0.3 is 0 Å². The highest BCUT2D eigenvalue weighted by atomic mass is 19.1. The van der Waals surface area contributed by atoms with Gasteiger partial charge in [0.05, 0.1) is 17.5 Å². The Morgan fingerprint density at radius 3 is 2.40 bits per heavy atom. The molecule has 0 aliphatic heterocycles. The predicted octanol–water partition coefficient (Wildman–Crippen LogP) is 2.04. The number of nitro benzene ring substituents is 1. The van der Waals surface area contributed by atoms with Gasteiger partial charge in [-0.1, -0.05) is 0 Å². The molecular formula is C13H18FN3O3. The van der Waals surface area contributed by atoms with E-state index in [1.54, 1.807) is 11.9 Å². The molecule has 110 valence electrons. The summed E-state index contributed by atoms with van der Waals surface area (Å²) in [7, 11) is 1.60. The van der Waals surface area contributed by atoms with Gasteiger partial charge in [-0.2, -0.15) is 0 Å². The molecule has 1 amide bonds. The fraction of sp³-hybridized carbons (Fsp3) is 0.462. The quantitative estimate of drug-likeness (QED) is 0.592. The Kier molecular flexibility index (Phi) is 5.42. The summed E-state index contributed by atoms with van der Waals surface area (Å²) < 4.78 is 13.4. The predicted molar refractivity (Wildman–Crippen MR) is 74.3 cm³/mol. The molecule has 6 nitrogen and oxygen atoms in total. The number of anilines is 1. The standard InChI is InChI=1S/C13H18FN3O3/c1-4-16(5-2)13(18)9-15(3)11-6-10(14)7-12(8-11)17(19)20/h6-8H,4-5,9H2,1-3H3. The maximum absolute atomic E-state index is 13.4. The van der Waals surface area contributed by atoms with E-state index in [0.717, 1.165) is 6.07 Å². The van der Waals surface area contributed by atoms with Crippen LogP contribution in [0.3, 0.4) is 0 Å². The van der Waals surface area contributed by atoms with Crippen molar-refractivity contribution in [2.75, 3.05) is 31.6 Å². The van der Waals surface area contributed by atoms with Crippen molar-refractivity contribution in [1.29, 1.82) is 0 Å². The van der Waals surface area contributed by atoms with E-state index in [1.807, 2.05) is 13.8 Å².